The number of hydrogen-bond donors (Lipinski definition) is 2. The lowest BCUT2D eigenvalue weighted by Crippen LogP contribution is -2.42. The van der Waals surface area contributed by atoms with E-state index in [1.807, 2.05) is 6.92 Å². The minimum absolute atomic E-state index is 0.148. The van der Waals surface area contributed by atoms with Gasteiger partial charge in [-0.2, -0.15) is 0 Å². The molecule has 0 bridgehead atoms. The maximum absolute atomic E-state index is 9.31. The van der Waals surface area contributed by atoms with Crippen LogP contribution >= 0.6 is 0 Å². The van der Waals surface area contributed by atoms with Gasteiger partial charge >= 0.3 is 0 Å². The molecule has 0 amide bonds. The highest BCUT2D eigenvalue weighted by Gasteiger charge is 2.29. The molecule has 0 spiro atoms. The summed E-state index contributed by atoms with van der Waals surface area (Å²) in [7, 11) is 0. The van der Waals surface area contributed by atoms with Crippen molar-refractivity contribution in [2.24, 2.45) is 0 Å². The molecule has 3 atom stereocenters. The Balaban J connectivity index is 2.33. The van der Waals surface area contributed by atoms with Crippen LogP contribution in [0.3, 0.4) is 0 Å². The predicted octanol–water partition coefficient (Wildman–Crippen LogP) is -0.119. The lowest BCUT2D eigenvalue weighted by atomic mass is 10.1. The van der Waals surface area contributed by atoms with Crippen LogP contribution in [-0.2, 0) is 9.47 Å². The Kier molecular flexibility index (Phi) is 3.94. The Morgan fingerprint density at radius 1 is 1.50 bits per heavy atom. The molecule has 1 rings (SSSR count). The van der Waals surface area contributed by atoms with E-state index in [4.69, 9.17) is 14.6 Å². The summed E-state index contributed by atoms with van der Waals surface area (Å²) >= 11 is 0. The molecule has 0 unspecified atom stereocenters. The Labute approximate surface area is 72.1 Å². The van der Waals surface area contributed by atoms with Crippen molar-refractivity contribution < 1.29 is 19.7 Å². The van der Waals surface area contributed by atoms with Crippen molar-refractivity contribution in [3.63, 3.8) is 0 Å². The molecule has 0 aliphatic carbocycles. The molecule has 1 aliphatic rings. The minimum atomic E-state index is -0.549. The average Bonchev–Trinajstić information content (AvgIpc) is 2.09. The van der Waals surface area contributed by atoms with Gasteiger partial charge < -0.3 is 19.7 Å². The van der Waals surface area contributed by atoms with E-state index in [1.165, 1.54) is 0 Å². The predicted molar refractivity (Wildman–Crippen MR) is 42.6 cm³/mol. The van der Waals surface area contributed by atoms with Crippen molar-refractivity contribution >= 4 is 0 Å². The monoisotopic (exact) mass is 176 g/mol. The van der Waals surface area contributed by atoms with Gasteiger partial charge in [-0.1, -0.05) is 0 Å². The van der Waals surface area contributed by atoms with E-state index in [9.17, 15) is 5.11 Å². The van der Waals surface area contributed by atoms with Gasteiger partial charge in [-0.25, -0.2) is 0 Å². The first kappa shape index (κ1) is 9.92. The fourth-order valence-corrected chi connectivity index (χ4v) is 1.32. The van der Waals surface area contributed by atoms with Gasteiger partial charge in [0.2, 0.25) is 0 Å². The number of ether oxygens (including phenoxy) is 2. The van der Waals surface area contributed by atoms with Crippen LogP contribution in [0.2, 0.25) is 0 Å². The number of hydrogen-bond acceptors (Lipinski definition) is 4. The quantitative estimate of drug-likeness (QED) is 0.629. The molecule has 1 aliphatic heterocycles. The molecule has 1 fully saturated rings. The third-order valence-corrected chi connectivity index (χ3v) is 1.99. The second kappa shape index (κ2) is 4.77. The molecule has 0 aromatic rings. The van der Waals surface area contributed by atoms with Crippen molar-refractivity contribution in [2.75, 3.05) is 13.2 Å². The molecule has 1 saturated heterocycles. The molecule has 0 saturated carbocycles. The maximum Gasteiger partial charge on any atom is 0.158 e. The van der Waals surface area contributed by atoms with Crippen LogP contribution in [0.25, 0.3) is 0 Å². The van der Waals surface area contributed by atoms with Crippen LogP contribution in [0.4, 0.5) is 0 Å². The first-order chi connectivity index (χ1) is 5.77. The van der Waals surface area contributed by atoms with E-state index in [1.54, 1.807) is 0 Å². The first-order valence-corrected chi connectivity index (χ1v) is 4.34. The third-order valence-electron chi connectivity index (χ3n) is 1.99. The standard InChI is InChI=1S/C8H16O4/c1-2-11-8-4-3-6(10)7(5-9)12-8/h6-10H,2-5H2,1H3/t6-,7-,8+/m1/s1. The fourth-order valence-electron chi connectivity index (χ4n) is 1.32. The summed E-state index contributed by atoms with van der Waals surface area (Å²) in [5.74, 6) is 0. The molecule has 0 aromatic carbocycles. The van der Waals surface area contributed by atoms with Crippen LogP contribution in [0, 0.1) is 0 Å². The topological polar surface area (TPSA) is 58.9 Å². The lowest BCUT2D eigenvalue weighted by molar-refractivity contribution is -0.227. The van der Waals surface area contributed by atoms with Crippen molar-refractivity contribution in [3.8, 4) is 0 Å². The van der Waals surface area contributed by atoms with Gasteiger partial charge in [-0.15, -0.1) is 0 Å². The largest absolute Gasteiger partial charge is 0.394 e. The average molecular weight is 176 g/mol. The Morgan fingerprint density at radius 3 is 2.83 bits per heavy atom. The van der Waals surface area contributed by atoms with Crippen molar-refractivity contribution in [1.29, 1.82) is 0 Å². The number of aliphatic hydroxyl groups is 2. The molecular formula is C8H16O4. The Hall–Kier alpha value is -0.160. The third kappa shape index (κ3) is 2.42. The normalized spacial score (nSPS) is 36.8. The van der Waals surface area contributed by atoms with E-state index in [-0.39, 0.29) is 12.9 Å². The fraction of sp³-hybridized carbons (Fsp3) is 1.00. The molecule has 4 heteroatoms. The summed E-state index contributed by atoms with van der Waals surface area (Å²) < 4.78 is 10.5. The van der Waals surface area contributed by atoms with Crippen LogP contribution in [-0.4, -0.2) is 41.9 Å². The summed E-state index contributed by atoms with van der Waals surface area (Å²) in [6.45, 7) is 2.34. The highest BCUT2D eigenvalue weighted by atomic mass is 16.7. The highest BCUT2D eigenvalue weighted by molar-refractivity contribution is 4.74. The summed E-state index contributed by atoms with van der Waals surface area (Å²) in [5.41, 5.74) is 0. The zero-order chi connectivity index (χ0) is 8.97. The second-order valence-electron chi connectivity index (χ2n) is 2.89. The first-order valence-electron chi connectivity index (χ1n) is 4.34. The Morgan fingerprint density at radius 2 is 2.25 bits per heavy atom. The van der Waals surface area contributed by atoms with E-state index in [2.05, 4.69) is 0 Å². The molecule has 4 nitrogen and oxygen atoms in total. The van der Waals surface area contributed by atoms with Crippen molar-refractivity contribution in [2.45, 2.75) is 38.3 Å². The van der Waals surface area contributed by atoms with Crippen LogP contribution in [0.15, 0.2) is 0 Å². The van der Waals surface area contributed by atoms with Gasteiger partial charge in [0.25, 0.3) is 0 Å². The summed E-state index contributed by atoms with van der Waals surface area (Å²) in [6.07, 6.45) is 0.0547. The van der Waals surface area contributed by atoms with Crippen molar-refractivity contribution in [3.05, 3.63) is 0 Å². The van der Waals surface area contributed by atoms with E-state index >= 15 is 0 Å². The molecule has 72 valence electrons. The summed E-state index contributed by atoms with van der Waals surface area (Å²) in [4.78, 5) is 0. The smallest absolute Gasteiger partial charge is 0.158 e. The van der Waals surface area contributed by atoms with Crippen LogP contribution in [0.1, 0.15) is 19.8 Å². The van der Waals surface area contributed by atoms with Gasteiger partial charge in [-0.05, 0) is 13.3 Å². The molecule has 12 heavy (non-hydrogen) atoms. The minimum Gasteiger partial charge on any atom is -0.394 e. The molecule has 2 N–H and O–H groups in total. The zero-order valence-electron chi connectivity index (χ0n) is 7.27. The highest BCUT2D eigenvalue weighted by Crippen LogP contribution is 2.19. The lowest BCUT2D eigenvalue weighted by Gasteiger charge is -2.32. The van der Waals surface area contributed by atoms with E-state index in [0.717, 1.165) is 0 Å². The van der Waals surface area contributed by atoms with Crippen LogP contribution < -0.4 is 0 Å². The number of rotatable bonds is 3. The van der Waals surface area contributed by atoms with E-state index < -0.39 is 12.2 Å². The van der Waals surface area contributed by atoms with Crippen molar-refractivity contribution in [1.82, 2.24) is 0 Å². The SMILES string of the molecule is CCO[C@@H]1CC[C@@H](O)[C@@H](CO)O1. The van der Waals surface area contributed by atoms with E-state index in [0.29, 0.717) is 19.4 Å². The van der Waals surface area contributed by atoms with Gasteiger partial charge in [0.15, 0.2) is 6.29 Å². The van der Waals surface area contributed by atoms with Gasteiger partial charge in [0.05, 0.1) is 12.7 Å². The summed E-state index contributed by atoms with van der Waals surface area (Å²) in [6, 6.07) is 0. The molecule has 0 radical (unpaired) electrons. The Bertz CT molecular complexity index is 128. The molecule has 0 aromatic heterocycles. The van der Waals surface area contributed by atoms with Gasteiger partial charge in [0.1, 0.15) is 6.10 Å². The molecular weight excluding hydrogens is 160 g/mol. The van der Waals surface area contributed by atoms with Gasteiger partial charge in [0, 0.05) is 13.0 Å². The van der Waals surface area contributed by atoms with Gasteiger partial charge in [-0.3, -0.25) is 0 Å². The number of aliphatic hydroxyl groups excluding tert-OH is 2. The zero-order valence-corrected chi connectivity index (χ0v) is 7.27. The second-order valence-corrected chi connectivity index (χ2v) is 2.89. The molecule has 1 heterocycles. The van der Waals surface area contributed by atoms with Crippen LogP contribution in [0.5, 0.6) is 0 Å². The summed E-state index contributed by atoms with van der Waals surface area (Å²) in [5, 5.41) is 18.1. The maximum atomic E-state index is 9.31.